The molecule has 0 bridgehead atoms. The standard InChI is InChI=1S/C10H9BrN4S/c1-16-10-14-8(13-9(12)15-10)6-4-2-3-5-7(6)11/h2-5H,1H3,(H2,12,13,14,15). The molecule has 4 nitrogen and oxygen atoms in total. The minimum Gasteiger partial charge on any atom is -0.368 e. The first-order chi connectivity index (χ1) is 7.70. The summed E-state index contributed by atoms with van der Waals surface area (Å²) in [7, 11) is 0. The van der Waals surface area contributed by atoms with Gasteiger partial charge in [-0.3, -0.25) is 0 Å². The fourth-order valence-corrected chi connectivity index (χ4v) is 2.05. The molecule has 82 valence electrons. The van der Waals surface area contributed by atoms with Gasteiger partial charge >= 0.3 is 0 Å². The number of rotatable bonds is 2. The molecule has 1 heterocycles. The summed E-state index contributed by atoms with van der Waals surface area (Å²) in [5, 5.41) is 0.623. The molecule has 6 heteroatoms. The molecule has 0 aliphatic heterocycles. The Bertz CT molecular complexity index is 518. The second-order valence-corrected chi connectivity index (χ2v) is 4.61. The lowest BCUT2D eigenvalue weighted by molar-refractivity contribution is 0.927. The Kier molecular flexibility index (Phi) is 3.40. The molecule has 0 aliphatic rings. The zero-order valence-corrected chi connectivity index (χ0v) is 10.9. The van der Waals surface area contributed by atoms with Gasteiger partial charge in [0.2, 0.25) is 5.95 Å². The van der Waals surface area contributed by atoms with E-state index < -0.39 is 0 Å². The van der Waals surface area contributed by atoms with E-state index >= 15 is 0 Å². The van der Waals surface area contributed by atoms with Gasteiger partial charge in [-0.2, -0.15) is 9.97 Å². The van der Waals surface area contributed by atoms with Crippen LogP contribution in [0.4, 0.5) is 5.95 Å². The highest BCUT2D eigenvalue weighted by Crippen LogP contribution is 2.26. The van der Waals surface area contributed by atoms with Gasteiger partial charge in [0.05, 0.1) is 0 Å². The van der Waals surface area contributed by atoms with Gasteiger partial charge < -0.3 is 5.73 Å². The number of aromatic nitrogens is 3. The van der Waals surface area contributed by atoms with Crippen molar-refractivity contribution in [1.82, 2.24) is 15.0 Å². The van der Waals surface area contributed by atoms with E-state index in [0.29, 0.717) is 11.0 Å². The van der Waals surface area contributed by atoms with Crippen LogP contribution in [0.25, 0.3) is 11.4 Å². The lowest BCUT2D eigenvalue weighted by Gasteiger charge is -2.04. The van der Waals surface area contributed by atoms with E-state index in [1.54, 1.807) is 0 Å². The van der Waals surface area contributed by atoms with Crippen molar-refractivity contribution in [2.45, 2.75) is 5.16 Å². The van der Waals surface area contributed by atoms with Gasteiger partial charge in [-0.15, -0.1) is 0 Å². The third kappa shape index (κ3) is 2.33. The summed E-state index contributed by atoms with van der Waals surface area (Å²) < 4.78 is 0.938. The molecule has 0 amide bonds. The van der Waals surface area contributed by atoms with Crippen molar-refractivity contribution in [2.24, 2.45) is 0 Å². The Balaban J connectivity index is 2.56. The Morgan fingerprint density at radius 1 is 1.19 bits per heavy atom. The number of benzene rings is 1. The minimum absolute atomic E-state index is 0.241. The highest BCUT2D eigenvalue weighted by Gasteiger charge is 2.08. The van der Waals surface area contributed by atoms with Gasteiger partial charge in [-0.25, -0.2) is 4.98 Å². The molecule has 1 aromatic carbocycles. The highest BCUT2D eigenvalue weighted by molar-refractivity contribution is 9.10. The van der Waals surface area contributed by atoms with Gasteiger partial charge in [-0.1, -0.05) is 45.9 Å². The van der Waals surface area contributed by atoms with Crippen molar-refractivity contribution in [3.63, 3.8) is 0 Å². The summed E-state index contributed by atoms with van der Waals surface area (Å²) in [6, 6.07) is 7.74. The van der Waals surface area contributed by atoms with E-state index in [2.05, 4.69) is 30.9 Å². The summed E-state index contributed by atoms with van der Waals surface area (Å²) in [6.45, 7) is 0. The van der Waals surface area contributed by atoms with E-state index in [1.165, 1.54) is 11.8 Å². The van der Waals surface area contributed by atoms with E-state index in [9.17, 15) is 0 Å². The van der Waals surface area contributed by atoms with Crippen LogP contribution >= 0.6 is 27.7 Å². The number of halogens is 1. The number of hydrogen-bond donors (Lipinski definition) is 1. The fourth-order valence-electron chi connectivity index (χ4n) is 1.23. The van der Waals surface area contributed by atoms with Crippen LogP contribution in [0.15, 0.2) is 33.9 Å². The number of nitrogens with zero attached hydrogens (tertiary/aromatic N) is 3. The van der Waals surface area contributed by atoms with Crippen molar-refractivity contribution in [1.29, 1.82) is 0 Å². The average Bonchev–Trinajstić information content (AvgIpc) is 2.28. The van der Waals surface area contributed by atoms with E-state index in [-0.39, 0.29) is 5.95 Å². The molecule has 0 unspecified atom stereocenters. The highest BCUT2D eigenvalue weighted by atomic mass is 79.9. The number of anilines is 1. The molecule has 0 saturated carbocycles. The average molecular weight is 297 g/mol. The maximum atomic E-state index is 5.63. The summed E-state index contributed by atoms with van der Waals surface area (Å²) in [5.41, 5.74) is 6.54. The molecule has 16 heavy (non-hydrogen) atoms. The van der Waals surface area contributed by atoms with Crippen LogP contribution in [0, 0.1) is 0 Å². The summed E-state index contributed by atoms with van der Waals surface area (Å²) >= 11 is 4.90. The van der Waals surface area contributed by atoms with Crippen LogP contribution in [0.3, 0.4) is 0 Å². The lowest BCUT2D eigenvalue weighted by atomic mass is 10.2. The van der Waals surface area contributed by atoms with Crippen molar-refractivity contribution in [2.75, 3.05) is 12.0 Å². The quantitative estimate of drug-likeness (QED) is 0.863. The van der Waals surface area contributed by atoms with Gasteiger partial charge in [-0.05, 0) is 12.3 Å². The van der Waals surface area contributed by atoms with Crippen LogP contribution < -0.4 is 5.73 Å². The molecule has 0 atom stereocenters. The molecule has 2 N–H and O–H groups in total. The molecule has 0 saturated heterocycles. The third-order valence-corrected chi connectivity index (χ3v) is 3.17. The lowest BCUT2D eigenvalue weighted by Crippen LogP contribution is -2.01. The Morgan fingerprint density at radius 2 is 1.94 bits per heavy atom. The van der Waals surface area contributed by atoms with Gasteiger partial charge in [0.1, 0.15) is 0 Å². The largest absolute Gasteiger partial charge is 0.368 e. The predicted octanol–water partition coefficient (Wildman–Crippen LogP) is 2.61. The van der Waals surface area contributed by atoms with Crippen LogP contribution in [-0.4, -0.2) is 21.2 Å². The van der Waals surface area contributed by atoms with Gasteiger partial charge in [0, 0.05) is 10.0 Å². The molecular weight excluding hydrogens is 288 g/mol. The van der Waals surface area contributed by atoms with Crippen LogP contribution in [0.2, 0.25) is 0 Å². The van der Waals surface area contributed by atoms with E-state index in [1.807, 2.05) is 30.5 Å². The van der Waals surface area contributed by atoms with E-state index in [4.69, 9.17) is 5.73 Å². The third-order valence-electron chi connectivity index (χ3n) is 1.93. The predicted molar refractivity (Wildman–Crippen MR) is 69.2 cm³/mol. The number of nitrogen functional groups attached to an aromatic ring is 1. The second-order valence-electron chi connectivity index (χ2n) is 2.98. The van der Waals surface area contributed by atoms with Crippen molar-refractivity contribution < 1.29 is 0 Å². The molecule has 1 aromatic heterocycles. The zero-order valence-electron chi connectivity index (χ0n) is 8.51. The monoisotopic (exact) mass is 296 g/mol. The Labute approximate surface area is 106 Å². The Morgan fingerprint density at radius 3 is 2.62 bits per heavy atom. The minimum atomic E-state index is 0.241. The fraction of sp³-hybridized carbons (Fsp3) is 0.100. The number of thioether (sulfide) groups is 1. The molecule has 0 radical (unpaired) electrons. The van der Waals surface area contributed by atoms with Crippen molar-refractivity contribution >= 4 is 33.6 Å². The molecule has 2 aromatic rings. The summed E-state index contributed by atoms with van der Waals surface area (Å²) in [6.07, 6.45) is 1.90. The number of nitrogens with two attached hydrogens (primary N) is 1. The molecule has 0 spiro atoms. The first kappa shape index (κ1) is 11.3. The van der Waals surface area contributed by atoms with Crippen LogP contribution in [0.5, 0.6) is 0 Å². The molecule has 2 rings (SSSR count). The van der Waals surface area contributed by atoms with Crippen molar-refractivity contribution in [3.8, 4) is 11.4 Å². The first-order valence-corrected chi connectivity index (χ1v) is 6.53. The zero-order chi connectivity index (χ0) is 11.5. The van der Waals surface area contributed by atoms with Crippen LogP contribution in [-0.2, 0) is 0 Å². The molecular formula is C10H9BrN4S. The smallest absolute Gasteiger partial charge is 0.224 e. The summed E-state index contributed by atoms with van der Waals surface area (Å²) in [4.78, 5) is 12.4. The van der Waals surface area contributed by atoms with Crippen molar-refractivity contribution in [3.05, 3.63) is 28.7 Å². The van der Waals surface area contributed by atoms with Crippen LogP contribution in [0.1, 0.15) is 0 Å². The normalized spacial score (nSPS) is 10.4. The van der Waals surface area contributed by atoms with E-state index in [0.717, 1.165) is 10.0 Å². The summed E-state index contributed by atoms with van der Waals surface area (Å²) in [5.74, 6) is 0.828. The maximum Gasteiger partial charge on any atom is 0.224 e. The molecule has 0 aliphatic carbocycles. The van der Waals surface area contributed by atoms with Gasteiger partial charge in [0.25, 0.3) is 0 Å². The topological polar surface area (TPSA) is 64.7 Å². The second kappa shape index (κ2) is 4.80. The number of hydrogen-bond acceptors (Lipinski definition) is 5. The van der Waals surface area contributed by atoms with Gasteiger partial charge in [0.15, 0.2) is 11.0 Å². The molecule has 0 fully saturated rings. The first-order valence-electron chi connectivity index (χ1n) is 4.51. The Hall–Kier alpha value is -1.14. The maximum absolute atomic E-state index is 5.63. The SMILES string of the molecule is CSc1nc(N)nc(-c2ccccc2Br)n1.